The Morgan fingerprint density at radius 3 is 2.57 bits per heavy atom. The maximum absolute atomic E-state index is 13.1. The lowest BCUT2D eigenvalue weighted by Gasteiger charge is -2.06. The van der Waals surface area contributed by atoms with E-state index >= 15 is 0 Å². The SMILES string of the molecule is Cc1ccc2oc(C(=O)Nc3ccc(F)c(F)c3)cc(=O)c2c1. The van der Waals surface area contributed by atoms with Gasteiger partial charge in [0.05, 0.1) is 5.39 Å². The van der Waals surface area contributed by atoms with Crippen LogP contribution in [-0.2, 0) is 0 Å². The molecule has 3 rings (SSSR count). The van der Waals surface area contributed by atoms with Crippen molar-refractivity contribution in [3.8, 4) is 0 Å². The third-order valence-corrected chi connectivity index (χ3v) is 3.28. The number of halogens is 2. The molecule has 0 atom stereocenters. The Kier molecular flexibility index (Phi) is 3.65. The van der Waals surface area contributed by atoms with E-state index in [0.29, 0.717) is 5.39 Å². The molecular formula is C17H11F2NO3. The number of benzene rings is 2. The number of carbonyl (C=O) groups is 1. The molecule has 6 heteroatoms. The van der Waals surface area contributed by atoms with Gasteiger partial charge in [-0.25, -0.2) is 8.78 Å². The van der Waals surface area contributed by atoms with Gasteiger partial charge in [-0.05, 0) is 31.2 Å². The van der Waals surface area contributed by atoms with Crippen LogP contribution in [0, 0.1) is 18.6 Å². The highest BCUT2D eigenvalue weighted by Gasteiger charge is 2.13. The smallest absolute Gasteiger partial charge is 0.291 e. The zero-order chi connectivity index (χ0) is 16.6. The van der Waals surface area contributed by atoms with Gasteiger partial charge in [-0.3, -0.25) is 9.59 Å². The molecule has 116 valence electrons. The molecule has 0 saturated heterocycles. The third kappa shape index (κ3) is 2.96. The van der Waals surface area contributed by atoms with E-state index in [9.17, 15) is 18.4 Å². The number of hydrogen-bond acceptors (Lipinski definition) is 3. The molecule has 1 N–H and O–H groups in total. The van der Waals surface area contributed by atoms with Gasteiger partial charge in [-0.2, -0.15) is 0 Å². The van der Waals surface area contributed by atoms with Crippen LogP contribution in [0.5, 0.6) is 0 Å². The summed E-state index contributed by atoms with van der Waals surface area (Å²) < 4.78 is 31.4. The number of nitrogens with one attached hydrogen (secondary N) is 1. The number of hydrogen-bond donors (Lipinski definition) is 1. The second-order valence-corrected chi connectivity index (χ2v) is 5.06. The van der Waals surface area contributed by atoms with Gasteiger partial charge in [0.15, 0.2) is 22.8 Å². The molecule has 0 aliphatic rings. The zero-order valence-corrected chi connectivity index (χ0v) is 12.0. The molecular weight excluding hydrogens is 304 g/mol. The summed E-state index contributed by atoms with van der Waals surface area (Å²) in [5.41, 5.74) is 0.869. The van der Waals surface area contributed by atoms with E-state index < -0.39 is 17.5 Å². The molecule has 0 aliphatic carbocycles. The van der Waals surface area contributed by atoms with Crippen molar-refractivity contribution >= 4 is 22.6 Å². The van der Waals surface area contributed by atoms with Crippen molar-refractivity contribution < 1.29 is 18.0 Å². The highest BCUT2D eigenvalue weighted by atomic mass is 19.2. The van der Waals surface area contributed by atoms with Gasteiger partial charge in [0.2, 0.25) is 0 Å². The molecule has 1 heterocycles. The topological polar surface area (TPSA) is 59.3 Å². The number of aryl methyl sites for hydroxylation is 1. The number of fused-ring (bicyclic) bond motifs is 1. The van der Waals surface area contributed by atoms with Gasteiger partial charge in [-0.15, -0.1) is 0 Å². The summed E-state index contributed by atoms with van der Waals surface area (Å²) in [7, 11) is 0. The molecule has 23 heavy (non-hydrogen) atoms. The number of anilines is 1. The molecule has 0 spiro atoms. The predicted molar refractivity (Wildman–Crippen MR) is 81.5 cm³/mol. The van der Waals surface area contributed by atoms with Gasteiger partial charge in [-0.1, -0.05) is 11.6 Å². The summed E-state index contributed by atoms with van der Waals surface area (Å²) in [5.74, 6) is -3.04. The van der Waals surface area contributed by atoms with Crippen LogP contribution in [0.3, 0.4) is 0 Å². The average Bonchev–Trinajstić information content (AvgIpc) is 2.51. The Balaban J connectivity index is 1.96. The molecule has 0 saturated carbocycles. The van der Waals surface area contributed by atoms with Crippen LogP contribution in [0.1, 0.15) is 16.1 Å². The van der Waals surface area contributed by atoms with Crippen molar-refractivity contribution in [2.75, 3.05) is 5.32 Å². The van der Waals surface area contributed by atoms with Crippen molar-refractivity contribution in [2.45, 2.75) is 6.92 Å². The van der Waals surface area contributed by atoms with Crippen LogP contribution in [0.25, 0.3) is 11.0 Å². The first-order chi connectivity index (χ1) is 10.9. The first-order valence-electron chi connectivity index (χ1n) is 6.75. The van der Waals surface area contributed by atoms with Crippen LogP contribution in [0.4, 0.5) is 14.5 Å². The average molecular weight is 315 g/mol. The monoisotopic (exact) mass is 315 g/mol. The largest absolute Gasteiger partial charge is 0.451 e. The Hall–Kier alpha value is -3.02. The Bertz CT molecular complexity index is 979. The summed E-state index contributed by atoms with van der Waals surface area (Å²) in [6, 6.07) is 9.02. The molecule has 2 aromatic carbocycles. The van der Waals surface area contributed by atoms with Crippen LogP contribution >= 0.6 is 0 Å². The fourth-order valence-electron chi connectivity index (χ4n) is 2.15. The minimum atomic E-state index is -1.08. The van der Waals surface area contributed by atoms with E-state index in [1.807, 2.05) is 6.92 Å². The van der Waals surface area contributed by atoms with E-state index in [0.717, 1.165) is 23.8 Å². The maximum atomic E-state index is 13.1. The Morgan fingerprint density at radius 2 is 1.83 bits per heavy atom. The van der Waals surface area contributed by atoms with Gasteiger partial charge in [0.25, 0.3) is 5.91 Å². The quantitative estimate of drug-likeness (QED) is 0.785. The molecule has 0 unspecified atom stereocenters. The summed E-state index contributed by atoms with van der Waals surface area (Å²) in [4.78, 5) is 24.2. The highest BCUT2D eigenvalue weighted by Crippen LogP contribution is 2.17. The number of rotatable bonds is 2. The molecule has 0 bridgehead atoms. The second-order valence-electron chi connectivity index (χ2n) is 5.06. The van der Waals surface area contributed by atoms with E-state index in [1.54, 1.807) is 18.2 Å². The van der Waals surface area contributed by atoms with Gasteiger partial charge in [0, 0.05) is 17.8 Å². The normalized spacial score (nSPS) is 10.7. The minimum Gasteiger partial charge on any atom is -0.451 e. The fourth-order valence-corrected chi connectivity index (χ4v) is 2.15. The predicted octanol–water partition coefficient (Wildman–Crippen LogP) is 3.63. The second kappa shape index (κ2) is 5.64. The Labute approximate surface area is 129 Å². The molecule has 0 fully saturated rings. The Morgan fingerprint density at radius 1 is 1.04 bits per heavy atom. The fraction of sp³-hybridized carbons (Fsp3) is 0.0588. The van der Waals surface area contributed by atoms with Crippen LogP contribution < -0.4 is 10.7 Å². The van der Waals surface area contributed by atoms with Crippen molar-refractivity contribution in [3.63, 3.8) is 0 Å². The summed E-state index contributed by atoms with van der Waals surface area (Å²) in [6.07, 6.45) is 0. The molecule has 0 aliphatic heterocycles. The first kappa shape index (κ1) is 14.9. The van der Waals surface area contributed by atoms with Gasteiger partial charge < -0.3 is 9.73 Å². The van der Waals surface area contributed by atoms with Crippen molar-refractivity contribution in [1.82, 2.24) is 0 Å². The summed E-state index contributed by atoms with van der Waals surface area (Å²) >= 11 is 0. The molecule has 3 aromatic rings. The molecule has 1 amide bonds. The van der Waals surface area contributed by atoms with Crippen LogP contribution in [0.2, 0.25) is 0 Å². The van der Waals surface area contributed by atoms with Crippen molar-refractivity contribution in [2.24, 2.45) is 0 Å². The summed E-state index contributed by atoms with van der Waals surface area (Å²) in [6.45, 7) is 1.84. The van der Waals surface area contributed by atoms with E-state index in [-0.39, 0.29) is 22.5 Å². The first-order valence-corrected chi connectivity index (χ1v) is 6.75. The zero-order valence-electron chi connectivity index (χ0n) is 12.0. The van der Waals surface area contributed by atoms with Crippen LogP contribution in [0.15, 0.2) is 51.7 Å². The minimum absolute atomic E-state index is 0.0561. The van der Waals surface area contributed by atoms with Gasteiger partial charge in [0.1, 0.15) is 5.58 Å². The van der Waals surface area contributed by atoms with E-state index in [4.69, 9.17) is 4.42 Å². The molecule has 0 radical (unpaired) electrons. The lowest BCUT2D eigenvalue weighted by Crippen LogP contribution is -2.15. The van der Waals surface area contributed by atoms with E-state index in [1.165, 1.54) is 6.07 Å². The standard InChI is InChI=1S/C17H11F2NO3/c1-9-2-5-15-11(6-9)14(21)8-16(23-15)17(22)20-10-3-4-12(18)13(19)7-10/h2-8H,1H3,(H,20,22). The lowest BCUT2D eigenvalue weighted by molar-refractivity contribution is 0.0997. The van der Waals surface area contributed by atoms with Crippen molar-refractivity contribution in [1.29, 1.82) is 0 Å². The van der Waals surface area contributed by atoms with E-state index in [2.05, 4.69) is 5.32 Å². The lowest BCUT2D eigenvalue weighted by atomic mass is 10.1. The molecule has 4 nitrogen and oxygen atoms in total. The van der Waals surface area contributed by atoms with Crippen molar-refractivity contribution in [3.05, 3.63) is 75.6 Å². The molecule has 1 aromatic heterocycles. The number of carbonyl (C=O) groups excluding carboxylic acids is 1. The highest BCUT2D eigenvalue weighted by molar-refractivity contribution is 6.02. The van der Waals surface area contributed by atoms with Crippen LogP contribution in [-0.4, -0.2) is 5.91 Å². The summed E-state index contributed by atoms with van der Waals surface area (Å²) in [5, 5.41) is 2.72. The number of amides is 1. The third-order valence-electron chi connectivity index (χ3n) is 3.28. The maximum Gasteiger partial charge on any atom is 0.291 e. The van der Waals surface area contributed by atoms with Gasteiger partial charge >= 0.3 is 0 Å².